The van der Waals surface area contributed by atoms with E-state index in [9.17, 15) is 14.0 Å². The van der Waals surface area contributed by atoms with Gasteiger partial charge in [0.1, 0.15) is 10.6 Å². The fraction of sp³-hybridized carbons (Fsp3) is 0.583. The number of piperidine rings is 1. The molecule has 1 spiro atoms. The monoisotopic (exact) mass is 531 g/mol. The summed E-state index contributed by atoms with van der Waals surface area (Å²) in [5, 5.41) is 26.2. The number of alkyl halides is 2. The Kier molecular flexibility index (Phi) is 5.83. The van der Waals surface area contributed by atoms with Gasteiger partial charge in [-0.05, 0) is 56.5 Å². The van der Waals surface area contributed by atoms with Gasteiger partial charge < -0.3 is 9.64 Å². The molecule has 3 N–H and O–H groups in total. The van der Waals surface area contributed by atoms with E-state index in [1.807, 2.05) is 10.6 Å². The quantitative estimate of drug-likeness (QED) is 0.270. The molecule has 12 heteroatoms. The Labute approximate surface area is 216 Å². The lowest BCUT2D eigenvalue weighted by atomic mass is 9.77. The van der Waals surface area contributed by atoms with Crippen molar-refractivity contribution in [1.29, 1.82) is 16.1 Å². The summed E-state index contributed by atoms with van der Waals surface area (Å²) < 4.78 is 37.6. The number of nitrogens with zero attached hydrogens (tertiary/aromatic N) is 4. The molecule has 0 bridgehead atoms. The molecule has 0 aromatic carbocycles. The molecular formula is C24H27F2N7OS2. The zero-order valence-electron chi connectivity index (χ0n) is 19.6. The Hall–Kier alpha value is -2.20. The summed E-state index contributed by atoms with van der Waals surface area (Å²) >= 11 is 2.18. The van der Waals surface area contributed by atoms with Crippen LogP contribution in [-0.2, 0) is 4.74 Å². The van der Waals surface area contributed by atoms with Crippen molar-refractivity contribution >= 4 is 45.1 Å². The molecule has 190 valence electrons. The SMILES string of the molecule is N#CC1(NSc2cc(N3CCC4(CC3)COC4)c3ncc(C(=N)SC(=N)C4(C(F)F)CC4)n3c2)CC1. The summed E-state index contributed by atoms with van der Waals surface area (Å²) in [5.41, 5.74) is 0.515. The predicted molar refractivity (Wildman–Crippen MR) is 136 cm³/mol. The maximum atomic E-state index is 13.5. The number of fused-ring (bicyclic) bond motifs is 1. The number of nitrogens with one attached hydrogen (secondary N) is 3. The number of aromatic nitrogens is 2. The molecule has 0 atom stereocenters. The van der Waals surface area contributed by atoms with Crippen LogP contribution in [0.5, 0.6) is 0 Å². The summed E-state index contributed by atoms with van der Waals surface area (Å²) in [5.74, 6) is 0. The molecule has 2 aliphatic heterocycles. The third-order valence-electron chi connectivity index (χ3n) is 7.97. The van der Waals surface area contributed by atoms with Crippen molar-refractivity contribution < 1.29 is 13.5 Å². The van der Waals surface area contributed by atoms with Crippen molar-refractivity contribution in [1.82, 2.24) is 14.1 Å². The molecule has 4 aliphatic rings. The number of thioether (sulfide) groups is 1. The highest BCUT2D eigenvalue weighted by atomic mass is 32.2. The Morgan fingerprint density at radius 1 is 1.17 bits per heavy atom. The van der Waals surface area contributed by atoms with Crippen LogP contribution in [0.3, 0.4) is 0 Å². The molecule has 8 nitrogen and oxygen atoms in total. The second kappa shape index (κ2) is 8.68. The molecule has 2 aromatic rings. The van der Waals surface area contributed by atoms with Gasteiger partial charge in [0.2, 0.25) is 6.43 Å². The van der Waals surface area contributed by atoms with Crippen LogP contribution in [-0.4, -0.2) is 57.7 Å². The lowest BCUT2D eigenvalue weighted by Gasteiger charge is -2.47. The van der Waals surface area contributed by atoms with E-state index < -0.39 is 17.4 Å². The van der Waals surface area contributed by atoms with Gasteiger partial charge in [0.05, 0.1) is 47.3 Å². The van der Waals surface area contributed by atoms with E-state index in [4.69, 9.17) is 15.6 Å². The van der Waals surface area contributed by atoms with Crippen LogP contribution in [0.4, 0.5) is 14.5 Å². The van der Waals surface area contributed by atoms with Crippen LogP contribution in [0.1, 0.15) is 44.2 Å². The third kappa shape index (κ3) is 4.10. The second-order valence-corrected chi connectivity index (χ2v) is 12.4. The molecule has 2 aliphatic carbocycles. The van der Waals surface area contributed by atoms with Gasteiger partial charge >= 0.3 is 0 Å². The number of imidazole rings is 1. The van der Waals surface area contributed by atoms with Crippen LogP contribution in [0.2, 0.25) is 0 Å². The molecule has 0 unspecified atom stereocenters. The molecular weight excluding hydrogens is 504 g/mol. The lowest BCUT2D eigenvalue weighted by Crippen LogP contribution is -2.51. The summed E-state index contributed by atoms with van der Waals surface area (Å²) in [6.45, 7) is 3.39. The molecule has 6 rings (SSSR count). The van der Waals surface area contributed by atoms with E-state index >= 15 is 0 Å². The number of nitriles is 1. The number of hydrogen-bond acceptors (Lipinski definition) is 9. The number of hydrogen-bond donors (Lipinski definition) is 3. The molecule has 0 amide bonds. The van der Waals surface area contributed by atoms with E-state index in [1.165, 1.54) is 11.9 Å². The standard InChI is InChI=1S/C24H27F2N7OS2/c25-20(26)24(3-4-24)21(29)35-18(28)17-10-30-19-16(32-7-5-22(6-8-32)13-34-14-22)9-15(11-33(17)19)36-31-23(12-27)1-2-23/h9-11,20,28-29,31H,1-8,13-14H2. The van der Waals surface area contributed by atoms with Crippen molar-refractivity contribution in [3.05, 3.63) is 24.2 Å². The largest absolute Gasteiger partial charge is 0.380 e. The number of pyridine rings is 1. The number of rotatable bonds is 7. The Morgan fingerprint density at radius 3 is 2.44 bits per heavy atom. The van der Waals surface area contributed by atoms with Crippen LogP contribution in [0.25, 0.3) is 5.65 Å². The first kappa shape index (κ1) is 24.2. The van der Waals surface area contributed by atoms with Crippen molar-refractivity contribution in [2.45, 2.75) is 55.4 Å². The average molecular weight is 532 g/mol. The number of anilines is 1. The normalized spacial score (nSPS) is 22.9. The molecule has 4 fully saturated rings. The summed E-state index contributed by atoms with van der Waals surface area (Å²) in [6.07, 6.45) is 5.15. The van der Waals surface area contributed by atoms with Gasteiger partial charge in [-0.1, -0.05) is 11.8 Å². The summed E-state index contributed by atoms with van der Waals surface area (Å²) in [6, 6.07) is 4.41. The topological polar surface area (TPSA) is 113 Å². The van der Waals surface area contributed by atoms with E-state index in [0.29, 0.717) is 11.3 Å². The predicted octanol–water partition coefficient (Wildman–Crippen LogP) is 4.69. The highest BCUT2D eigenvalue weighted by molar-refractivity contribution is 8.26. The first-order chi connectivity index (χ1) is 17.3. The van der Waals surface area contributed by atoms with E-state index in [2.05, 4.69) is 26.7 Å². The second-order valence-electron chi connectivity index (χ2n) is 10.5. The van der Waals surface area contributed by atoms with E-state index in [1.54, 1.807) is 6.20 Å². The Bertz CT molecular complexity index is 1270. The van der Waals surface area contributed by atoms with Crippen molar-refractivity contribution in [2.24, 2.45) is 10.8 Å². The number of halogens is 2. The first-order valence-corrected chi connectivity index (χ1v) is 13.8. The molecule has 36 heavy (non-hydrogen) atoms. The van der Waals surface area contributed by atoms with Gasteiger partial charge in [0.15, 0.2) is 5.65 Å². The highest BCUT2D eigenvalue weighted by Gasteiger charge is 2.55. The zero-order valence-corrected chi connectivity index (χ0v) is 21.3. The summed E-state index contributed by atoms with van der Waals surface area (Å²) in [4.78, 5) is 7.82. The highest BCUT2D eigenvalue weighted by Crippen LogP contribution is 2.54. The lowest BCUT2D eigenvalue weighted by molar-refractivity contribution is -0.124. The fourth-order valence-electron chi connectivity index (χ4n) is 4.86. The fourth-order valence-corrected chi connectivity index (χ4v) is 6.70. The first-order valence-electron chi connectivity index (χ1n) is 12.1. The summed E-state index contributed by atoms with van der Waals surface area (Å²) in [7, 11) is 0. The zero-order chi connectivity index (χ0) is 25.1. The third-order valence-corrected chi connectivity index (χ3v) is 9.94. The van der Waals surface area contributed by atoms with Crippen LogP contribution >= 0.6 is 23.7 Å². The Morgan fingerprint density at radius 2 is 1.89 bits per heavy atom. The van der Waals surface area contributed by atoms with Crippen LogP contribution < -0.4 is 9.62 Å². The minimum Gasteiger partial charge on any atom is -0.380 e. The van der Waals surface area contributed by atoms with Crippen LogP contribution in [0, 0.1) is 33.0 Å². The minimum absolute atomic E-state index is 0.0281. The number of ether oxygens (including phenoxy) is 1. The van der Waals surface area contributed by atoms with Gasteiger partial charge in [0.25, 0.3) is 0 Å². The van der Waals surface area contributed by atoms with Crippen molar-refractivity contribution in [3.63, 3.8) is 0 Å². The van der Waals surface area contributed by atoms with Crippen molar-refractivity contribution in [2.75, 3.05) is 31.2 Å². The van der Waals surface area contributed by atoms with Gasteiger partial charge in [-0.2, -0.15) is 5.26 Å². The molecule has 0 radical (unpaired) electrons. The van der Waals surface area contributed by atoms with Gasteiger partial charge in [-0.3, -0.25) is 15.2 Å². The van der Waals surface area contributed by atoms with E-state index in [0.717, 1.165) is 74.3 Å². The van der Waals surface area contributed by atoms with Gasteiger partial charge in [-0.25, -0.2) is 18.5 Å². The maximum Gasteiger partial charge on any atom is 0.250 e. The Balaban J connectivity index is 1.30. The van der Waals surface area contributed by atoms with E-state index in [-0.39, 0.29) is 28.3 Å². The van der Waals surface area contributed by atoms with Crippen molar-refractivity contribution in [3.8, 4) is 6.07 Å². The van der Waals surface area contributed by atoms with Crippen LogP contribution in [0.15, 0.2) is 23.4 Å². The molecule has 2 aromatic heterocycles. The smallest absolute Gasteiger partial charge is 0.250 e. The molecule has 2 saturated heterocycles. The van der Waals surface area contributed by atoms with Gasteiger partial charge in [-0.15, -0.1) is 0 Å². The van der Waals surface area contributed by atoms with Gasteiger partial charge in [0, 0.05) is 29.6 Å². The molecule has 2 saturated carbocycles. The minimum atomic E-state index is -2.59. The maximum absolute atomic E-state index is 13.5. The average Bonchev–Trinajstić information content (AvgIpc) is 3.78. The molecule has 4 heterocycles.